The summed E-state index contributed by atoms with van der Waals surface area (Å²) < 4.78 is 7.26. The van der Waals surface area contributed by atoms with Crippen molar-refractivity contribution < 1.29 is 9.53 Å². The molecule has 2 fully saturated rings. The van der Waals surface area contributed by atoms with E-state index in [1.165, 1.54) is 10.9 Å². The first-order valence-corrected chi connectivity index (χ1v) is 11.0. The Morgan fingerprint density at radius 1 is 1.17 bits per heavy atom. The molecule has 4 rings (SSSR count). The number of rotatable bonds is 4. The molecule has 0 unspecified atom stereocenters. The average Bonchev–Trinajstić information content (AvgIpc) is 2.70. The van der Waals surface area contributed by atoms with Gasteiger partial charge in [0.05, 0.1) is 29.4 Å². The number of aromatic nitrogens is 2. The Balaban J connectivity index is 1.33. The Bertz CT molecular complexity index is 955. The lowest BCUT2D eigenvalue weighted by Crippen LogP contribution is -2.49. The van der Waals surface area contributed by atoms with Crippen molar-refractivity contribution in [2.75, 3.05) is 32.7 Å². The molecule has 0 bridgehead atoms. The quantitative estimate of drug-likeness (QED) is 0.769. The van der Waals surface area contributed by atoms with E-state index in [2.05, 4.69) is 23.7 Å². The van der Waals surface area contributed by atoms with Gasteiger partial charge in [-0.3, -0.25) is 19.1 Å². The highest BCUT2D eigenvalue weighted by Gasteiger charge is 2.28. The molecule has 0 saturated carbocycles. The molecule has 30 heavy (non-hydrogen) atoms. The van der Waals surface area contributed by atoms with Gasteiger partial charge in [0.1, 0.15) is 6.54 Å². The number of morpholine rings is 1. The molecule has 1 amide bonds. The van der Waals surface area contributed by atoms with Crippen LogP contribution in [-0.2, 0) is 16.1 Å². The minimum absolute atomic E-state index is 0.00188. The average molecular weight is 413 g/mol. The Hall–Kier alpha value is -2.25. The van der Waals surface area contributed by atoms with Crippen LogP contribution in [0.5, 0.6) is 0 Å². The van der Waals surface area contributed by atoms with Crippen LogP contribution in [0.2, 0.25) is 0 Å². The third-order valence-electron chi connectivity index (χ3n) is 6.34. The first-order chi connectivity index (χ1) is 14.4. The Morgan fingerprint density at radius 2 is 1.87 bits per heavy atom. The molecule has 162 valence electrons. The first kappa shape index (κ1) is 21.0. The fraction of sp³-hybridized carbons (Fsp3) is 0.609. The monoisotopic (exact) mass is 412 g/mol. The molecule has 2 aliphatic rings. The van der Waals surface area contributed by atoms with E-state index in [0.717, 1.165) is 51.1 Å². The van der Waals surface area contributed by atoms with Gasteiger partial charge in [-0.1, -0.05) is 12.1 Å². The van der Waals surface area contributed by atoms with Crippen molar-refractivity contribution >= 4 is 16.8 Å². The van der Waals surface area contributed by atoms with Crippen LogP contribution in [-0.4, -0.2) is 70.2 Å². The van der Waals surface area contributed by atoms with Crippen molar-refractivity contribution in [3.63, 3.8) is 0 Å². The van der Waals surface area contributed by atoms with Gasteiger partial charge in [-0.05, 0) is 51.2 Å². The van der Waals surface area contributed by atoms with Gasteiger partial charge in [-0.2, -0.15) is 0 Å². The van der Waals surface area contributed by atoms with E-state index in [-0.39, 0.29) is 30.2 Å². The molecule has 3 heterocycles. The second-order valence-electron chi connectivity index (χ2n) is 8.95. The smallest absolute Gasteiger partial charge is 0.261 e. The van der Waals surface area contributed by atoms with E-state index in [0.29, 0.717) is 16.8 Å². The SMILES string of the molecule is Cc1cccc2c(=O)n(CC(=O)N3CCC(CN4C[C@@H](C)O[C@@H](C)C4)CC3)cnc12. The van der Waals surface area contributed by atoms with E-state index in [4.69, 9.17) is 4.74 Å². The third-order valence-corrected chi connectivity index (χ3v) is 6.34. The van der Waals surface area contributed by atoms with E-state index in [1.54, 1.807) is 6.07 Å². The van der Waals surface area contributed by atoms with Crippen molar-refractivity contribution in [1.29, 1.82) is 0 Å². The maximum atomic E-state index is 12.8. The van der Waals surface area contributed by atoms with Gasteiger partial charge in [0, 0.05) is 32.7 Å². The summed E-state index contributed by atoms with van der Waals surface area (Å²) in [6, 6.07) is 5.57. The second kappa shape index (κ2) is 8.86. The lowest BCUT2D eigenvalue weighted by atomic mass is 9.95. The number of fused-ring (bicyclic) bond motifs is 1. The Morgan fingerprint density at radius 3 is 2.57 bits per heavy atom. The van der Waals surface area contributed by atoms with Crippen LogP contribution in [0.3, 0.4) is 0 Å². The molecule has 0 aliphatic carbocycles. The number of para-hydroxylation sites is 1. The summed E-state index contributed by atoms with van der Waals surface area (Å²) in [5.41, 5.74) is 1.52. The number of hydrogen-bond acceptors (Lipinski definition) is 5. The van der Waals surface area contributed by atoms with Crippen molar-refractivity contribution in [3.05, 3.63) is 40.4 Å². The molecule has 1 aromatic heterocycles. The molecule has 2 saturated heterocycles. The van der Waals surface area contributed by atoms with Crippen LogP contribution in [0.15, 0.2) is 29.3 Å². The summed E-state index contributed by atoms with van der Waals surface area (Å²) in [6.07, 6.45) is 4.09. The topological polar surface area (TPSA) is 67.7 Å². The summed E-state index contributed by atoms with van der Waals surface area (Å²) in [6.45, 7) is 10.8. The fourth-order valence-electron chi connectivity index (χ4n) is 4.86. The molecule has 2 aromatic rings. The molecule has 7 heteroatoms. The molecule has 0 N–H and O–H groups in total. The summed E-state index contributed by atoms with van der Waals surface area (Å²) in [7, 11) is 0. The third kappa shape index (κ3) is 4.57. The van der Waals surface area contributed by atoms with Gasteiger partial charge in [-0.25, -0.2) is 4.98 Å². The van der Waals surface area contributed by atoms with E-state index >= 15 is 0 Å². The minimum Gasteiger partial charge on any atom is -0.373 e. The molecule has 0 radical (unpaired) electrons. The molecule has 2 aliphatic heterocycles. The van der Waals surface area contributed by atoms with Gasteiger partial charge < -0.3 is 9.64 Å². The first-order valence-electron chi connectivity index (χ1n) is 11.0. The number of benzene rings is 1. The number of piperidine rings is 1. The Kier molecular flexibility index (Phi) is 6.20. The van der Waals surface area contributed by atoms with Gasteiger partial charge >= 0.3 is 0 Å². The predicted octanol–water partition coefficient (Wildman–Crippen LogP) is 2.05. The molecule has 2 atom stereocenters. The number of hydrogen-bond donors (Lipinski definition) is 0. The number of carbonyl (C=O) groups excluding carboxylic acids is 1. The second-order valence-corrected chi connectivity index (χ2v) is 8.95. The number of likely N-dealkylation sites (tertiary alicyclic amines) is 1. The maximum absolute atomic E-state index is 12.8. The number of amides is 1. The predicted molar refractivity (Wildman–Crippen MR) is 116 cm³/mol. The van der Waals surface area contributed by atoms with Crippen molar-refractivity contribution in [3.8, 4) is 0 Å². The van der Waals surface area contributed by atoms with Crippen LogP contribution in [0.25, 0.3) is 10.9 Å². The van der Waals surface area contributed by atoms with Gasteiger partial charge in [0.15, 0.2) is 0 Å². The molecular formula is C23H32N4O3. The standard InChI is InChI=1S/C23H32N4O3/c1-16-5-4-6-20-22(16)24-15-27(23(20)29)14-21(28)26-9-7-19(8-10-26)13-25-11-17(2)30-18(3)12-25/h4-6,15,17-19H,7-14H2,1-3H3/t17-,18+. The molecular weight excluding hydrogens is 380 g/mol. The number of carbonyl (C=O) groups is 1. The summed E-state index contributed by atoms with van der Waals surface area (Å²) in [5, 5.41) is 0.568. The summed E-state index contributed by atoms with van der Waals surface area (Å²) in [5.74, 6) is 0.609. The highest BCUT2D eigenvalue weighted by Crippen LogP contribution is 2.21. The number of ether oxygens (including phenoxy) is 1. The summed E-state index contributed by atoms with van der Waals surface area (Å²) >= 11 is 0. The van der Waals surface area contributed by atoms with Crippen molar-refractivity contribution in [2.45, 2.75) is 52.4 Å². The largest absolute Gasteiger partial charge is 0.373 e. The summed E-state index contributed by atoms with van der Waals surface area (Å²) in [4.78, 5) is 34.4. The molecule has 0 spiro atoms. The zero-order valence-electron chi connectivity index (χ0n) is 18.2. The lowest BCUT2D eigenvalue weighted by molar-refractivity contribution is -0.133. The number of nitrogens with zero attached hydrogens (tertiary/aromatic N) is 4. The van der Waals surface area contributed by atoms with Crippen LogP contribution >= 0.6 is 0 Å². The van der Waals surface area contributed by atoms with Crippen molar-refractivity contribution in [2.24, 2.45) is 5.92 Å². The Labute approximate surface area is 177 Å². The van der Waals surface area contributed by atoms with Crippen LogP contribution in [0.4, 0.5) is 0 Å². The zero-order valence-corrected chi connectivity index (χ0v) is 18.2. The maximum Gasteiger partial charge on any atom is 0.261 e. The normalized spacial score (nSPS) is 23.8. The zero-order chi connectivity index (χ0) is 21.3. The molecule has 7 nitrogen and oxygen atoms in total. The van der Waals surface area contributed by atoms with Crippen molar-refractivity contribution in [1.82, 2.24) is 19.4 Å². The highest BCUT2D eigenvalue weighted by molar-refractivity contribution is 5.81. The minimum atomic E-state index is -0.150. The van der Waals surface area contributed by atoms with E-state index < -0.39 is 0 Å². The van der Waals surface area contributed by atoms with Crippen LogP contribution in [0.1, 0.15) is 32.3 Å². The lowest BCUT2D eigenvalue weighted by Gasteiger charge is -2.39. The van der Waals surface area contributed by atoms with Gasteiger partial charge in [0.25, 0.3) is 5.56 Å². The van der Waals surface area contributed by atoms with Crippen LogP contribution < -0.4 is 5.56 Å². The van der Waals surface area contributed by atoms with Crippen LogP contribution in [0, 0.1) is 12.8 Å². The molecule has 1 aromatic carbocycles. The van der Waals surface area contributed by atoms with Gasteiger partial charge in [0.2, 0.25) is 5.91 Å². The highest BCUT2D eigenvalue weighted by atomic mass is 16.5. The van der Waals surface area contributed by atoms with Gasteiger partial charge in [-0.15, -0.1) is 0 Å². The fourth-order valence-corrected chi connectivity index (χ4v) is 4.86. The number of aryl methyl sites for hydroxylation is 1. The van der Waals surface area contributed by atoms with E-state index in [9.17, 15) is 9.59 Å². The van der Waals surface area contributed by atoms with E-state index in [1.807, 2.05) is 24.0 Å².